The van der Waals surface area contributed by atoms with Crippen LogP contribution in [0.3, 0.4) is 0 Å². The van der Waals surface area contributed by atoms with E-state index >= 15 is 0 Å². The Bertz CT molecular complexity index is 3110. The molecule has 0 saturated heterocycles. The average Bonchev–Trinajstić information content (AvgIpc) is 3.21. The maximum atomic E-state index is 11.7. The Balaban J connectivity index is 1.52. The highest BCUT2D eigenvalue weighted by molar-refractivity contribution is 6.26. The molecule has 8 aromatic carbocycles. The largest absolute Gasteiger partial charge is 0.506 e. The van der Waals surface area contributed by atoms with Crippen molar-refractivity contribution in [1.82, 2.24) is 0 Å². The summed E-state index contributed by atoms with van der Waals surface area (Å²) in [5, 5.41) is 193. The van der Waals surface area contributed by atoms with Gasteiger partial charge in [-0.3, -0.25) is 0 Å². The van der Waals surface area contributed by atoms with E-state index in [9.17, 15) is 91.9 Å². The van der Waals surface area contributed by atoms with Gasteiger partial charge in [0.05, 0.1) is 32.8 Å². The fraction of sp³-hybridized carbons (Fsp3) is 0. The van der Waals surface area contributed by atoms with Crippen LogP contribution in [-0.4, -0.2) is 91.9 Å². The molecule has 18 nitrogen and oxygen atoms in total. The van der Waals surface area contributed by atoms with E-state index in [4.69, 9.17) is 0 Å². The van der Waals surface area contributed by atoms with Gasteiger partial charge in [-0.15, -0.1) is 0 Å². The van der Waals surface area contributed by atoms with Gasteiger partial charge in [-0.2, -0.15) is 0 Å². The minimum Gasteiger partial charge on any atom is -0.506 e. The molecule has 0 bridgehead atoms. The summed E-state index contributed by atoms with van der Waals surface area (Å²) in [7, 11) is 0. The summed E-state index contributed by atoms with van der Waals surface area (Å²) in [4.78, 5) is 0. The van der Waals surface area contributed by atoms with Gasteiger partial charge in [0.25, 0.3) is 0 Å². The Kier molecular flexibility index (Phi) is 7.39. The predicted octanol–water partition coefficient (Wildman–Crippen LogP) is 6.00. The summed E-state index contributed by atoms with van der Waals surface area (Å²) < 4.78 is 0. The van der Waals surface area contributed by atoms with Crippen molar-refractivity contribution in [3.63, 3.8) is 0 Å². The summed E-state index contributed by atoms with van der Waals surface area (Å²) in [5.74, 6) is -23.2. The summed E-state index contributed by atoms with van der Waals surface area (Å²) in [6.45, 7) is 0. The molecular weight excluding hydrogens is 768 g/mol. The molecule has 8 aromatic rings. The Morgan fingerprint density at radius 2 is 0.379 bits per heavy atom. The molecule has 0 aliphatic rings. The lowest BCUT2D eigenvalue weighted by Gasteiger charge is -2.23. The highest BCUT2D eigenvalue weighted by Gasteiger charge is 2.36. The van der Waals surface area contributed by atoms with Crippen LogP contribution in [0.5, 0.6) is 103 Å². The number of hydrogen-bond acceptors (Lipinski definition) is 18. The minimum absolute atomic E-state index is 0.0194. The molecule has 18 N–H and O–H groups in total. The Morgan fingerprint density at radius 1 is 0.172 bits per heavy atom. The van der Waals surface area contributed by atoms with Crippen LogP contribution in [0, 0.1) is 0 Å². The van der Waals surface area contributed by atoms with Crippen molar-refractivity contribution >= 4 is 43.1 Å². The first-order chi connectivity index (χ1) is 27.4. The zero-order valence-electron chi connectivity index (χ0n) is 28.7. The number of phenolic OH excluding ortho intramolecular Hbond substituents is 18. The zero-order chi connectivity index (χ0) is 42.1. The second-order valence-corrected chi connectivity index (χ2v) is 13.1. The van der Waals surface area contributed by atoms with Crippen LogP contribution < -0.4 is 0 Å². The molecule has 294 valence electrons. The van der Waals surface area contributed by atoms with Gasteiger partial charge in [0.1, 0.15) is 5.75 Å². The first kappa shape index (κ1) is 36.2. The molecule has 0 amide bonds. The summed E-state index contributed by atoms with van der Waals surface area (Å²) in [5.41, 5.74) is -3.80. The molecule has 0 aromatic heterocycles. The number of rotatable bonds is 3. The van der Waals surface area contributed by atoms with E-state index in [0.29, 0.717) is 0 Å². The van der Waals surface area contributed by atoms with Crippen LogP contribution in [0.2, 0.25) is 0 Å². The Morgan fingerprint density at radius 3 is 0.741 bits per heavy atom. The van der Waals surface area contributed by atoms with Gasteiger partial charge in [0.2, 0.25) is 28.7 Å². The summed E-state index contributed by atoms with van der Waals surface area (Å²) in [6, 6.07) is 11.5. The topological polar surface area (TPSA) is 364 Å². The van der Waals surface area contributed by atoms with Crippen molar-refractivity contribution in [2.24, 2.45) is 0 Å². The number of aromatic hydroxyl groups is 18. The summed E-state index contributed by atoms with van der Waals surface area (Å²) in [6.07, 6.45) is 0. The number of fused-ring (bicyclic) bond motifs is 4. The first-order valence-electron chi connectivity index (χ1n) is 16.4. The SMILES string of the molecule is Oc1c(O)c(-c2c(O)c(O)c(O)c3c(O)c(O)c(O)c(O)c23)c(O)c(O)c1-c1c2ccccc2c(-c2c(O)c(O)c3c(O)c(O)c(O)c(O)c3c2O)c2ccccc12. The molecule has 0 aliphatic heterocycles. The van der Waals surface area contributed by atoms with Crippen molar-refractivity contribution in [3.05, 3.63) is 48.5 Å². The van der Waals surface area contributed by atoms with Crippen LogP contribution in [0.25, 0.3) is 76.5 Å². The van der Waals surface area contributed by atoms with Gasteiger partial charge in [-0.1, -0.05) is 48.5 Å². The highest BCUT2D eigenvalue weighted by atomic mass is 16.4. The molecule has 58 heavy (non-hydrogen) atoms. The minimum atomic E-state index is -1.45. The van der Waals surface area contributed by atoms with Crippen molar-refractivity contribution in [1.29, 1.82) is 0 Å². The molecular formula is C40H26O18. The van der Waals surface area contributed by atoms with Crippen LogP contribution in [0.4, 0.5) is 0 Å². The van der Waals surface area contributed by atoms with Gasteiger partial charge in [0.15, 0.2) is 69.0 Å². The van der Waals surface area contributed by atoms with E-state index in [1.54, 1.807) is 0 Å². The summed E-state index contributed by atoms with van der Waals surface area (Å²) >= 11 is 0. The van der Waals surface area contributed by atoms with Crippen molar-refractivity contribution in [2.75, 3.05) is 0 Å². The molecule has 0 atom stereocenters. The van der Waals surface area contributed by atoms with Gasteiger partial charge in [-0.05, 0) is 21.5 Å². The molecule has 0 spiro atoms. The third kappa shape index (κ3) is 4.29. The normalized spacial score (nSPS) is 11.7. The average molecular weight is 795 g/mol. The van der Waals surface area contributed by atoms with Gasteiger partial charge in [-0.25, -0.2) is 0 Å². The maximum absolute atomic E-state index is 11.7. The molecule has 0 saturated carbocycles. The standard InChI is InChI=1S/C40H26O18/c41-23-17(26(44)31(49)22-21(23)34(52)39(57)40(58)35(22)53)13-9-5-1-3-7-11(9)14(12-8-4-2-6-10(12)13)18-27(45)29(47)19(30(48)28(18)46)15-16-20(32(50)36(54)24(15)42)33(51)38(56)37(55)25(16)43/h1-8,41-58H. The van der Waals surface area contributed by atoms with Crippen LogP contribution in [0.1, 0.15) is 0 Å². The maximum Gasteiger partial charge on any atom is 0.205 e. The Labute approximate surface area is 320 Å². The monoisotopic (exact) mass is 794 g/mol. The third-order valence-electron chi connectivity index (χ3n) is 10.2. The van der Waals surface area contributed by atoms with Gasteiger partial charge >= 0.3 is 0 Å². The fourth-order valence-electron chi connectivity index (χ4n) is 7.59. The van der Waals surface area contributed by atoms with Gasteiger partial charge < -0.3 is 91.9 Å². The number of hydrogen-bond donors (Lipinski definition) is 18. The van der Waals surface area contributed by atoms with Gasteiger partial charge in [0, 0.05) is 22.1 Å². The smallest absolute Gasteiger partial charge is 0.205 e. The van der Waals surface area contributed by atoms with Crippen LogP contribution in [0.15, 0.2) is 48.5 Å². The lowest BCUT2D eigenvalue weighted by atomic mass is 9.83. The van der Waals surface area contributed by atoms with Crippen LogP contribution in [-0.2, 0) is 0 Å². The second kappa shape index (κ2) is 11.8. The van der Waals surface area contributed by atoms with E-state index in [1.807, 2.05) is 0 Å². The lowest BCUT2D eigenvalue weighted by molar-refractivity contribution is 0.346. The number of benzene rings is 8. The predicted molar refractivity (Wildman–Crippen MR) is 203 cm³/mol. The fourth-order valence-corrected chi connectivity index (χ4v) is 7.59. The van der Waals surface area contributed by atoms with E-state index in [0.717, 1.165) is 0 Å². The quantitative estimate of drug-likeness (QED) is 0.0553. The second-order valence-electron chi connectivity index (χ2n) is 13.1. The van der Waals surface area contributed by atoms with E-state index in [2.05, 4.69) is 0 Å². The molecule has 8 rings (SSSR count). The number of phenols is 18. The van der Waals surface area contributed by atoms with E-state index in [1.165, 1.54) is 48.5 Å². The first-order valence-corrected chi connectivity index (χ1v) is 16.4. The molecule has 18 heteroatoms. The lowest BCUT2D eigenvalue weighted by Crippen LogP contribution is -1.95. The molecule has 0 radical (unpaired) electrons. The van der Waals surface area contributed by atoms with E-state index in [-0.39, 0.29) is 32.7 Å². The molecule has 0 heterocycles. The van der Waals surface area contributed by atoms with E-state index < -0.39 is 147 Å². The third-order valence-corrected chi connectivity index (χ3v) is 10.2. The van der Waals surface area contributed by atoms with Crippen LogP contribution >= 0.6 is 0 Å². The Hall–Kier alpha value is -8.80. The molecule has 0 aliphatic carbocycles. The van der Waals surface area contributed by atoms with Crippen molar-refractivity contribution in [3.8, 4) is 137 Å². The zero-order valence-corrected chi connectivity index (χ0v) is 28.7. The van der Waals surface area contributed by atoms with Crippen molar-refractivity contribution in [2.45, 2.75) is 0 Å². The highest BCUT2D eigenvalue weighted by Crippen LogP contribution is 2.66. The van der Waals surface area contributed by atoms with Crippen molar-refractivity contribution < 1.29 is 91.9 Å². The molecule has 0 fully saturated rings. The molecule has 0 unspecified atom stereocenters.